The molecule has 1 N–H and O–H groups in total. The van der Waals surface area contributed by atoms with Crippen LogP contribution in [0.1, 0.15) is 24.9 Å². The number of hydrogen-bond donors (Lipinski definition) is 1. The lowest BCUT2D eigenvalue weighted by Crippen LogP contribution is -2.19. The van der Waals surface area contributed by atoms with E-state index < -0.39 is 0 Å². The minimum Gasteiger partial charge on any atom is -0.312 e. The minimum absolute atomic E-state index is 0.159. The smallest absolute Gasteiger partial charge is 0.123 e. The molecular weight excluding hydrogens is 209 g/mol. The Morgan fingerprint density at radius 1 is 1.47 bits per heavy atom. The van der Waals surface area contributed by atoms with Crippen LogP contribution >= 0.6 is 11.8 Å². The summed E-state index contributed by atoms with van der Waals surface area (Å²) in [5.74, 6) is 2.00. The summed E-state index contributed by atoms with van der Waals surface area (Å²) in [5, 5.41) is 3.22. The quantitative estimate of drug-likeness (QED) is 0.749. The number of hydrogen-bond acceptors (Lipinski definition) is 2. The van der Waals surface area contributed by atoms with Gasteiger partial charge in [-0.1, -0.05) is 19.1 Å². The van der Waals surface area contributed by atoms with Gasteiger partial charge in [0.05, 0.1) is 0 Å². The lowest BCUT2D eigenvalue weighted by molar-refractivity contribution is 0.611. The summed E-state index contributed by atoms with van der Waals surface area (Å²) in [4.78, 5) is 0. The molecule has 0 saturated heterocycles. The predicted octanol–water partition coefficient (Wildman–Crippen LogP) is 3.23. The Bertz CT molecular complexity index is 291. The van der Waals surface area contributed by atoms with Crippen molar-refractivity contribution in [2.24, 2.45) is 0 Å². The lowest BCUT2D eigenvalue weighted by atomic mass is 10.1. The van der Waals surface area contributed by atoms with Crippen molar-refractivity contribution in [3.63, 3.8) is 0 Å². The van der Waals surface area contributed by atoms with E-state index in [1.807, 2.05) is 24.9 Å². The number of nitrogens with one attached hydrogen (secondary N) is 1. The number of halogens is 1. The molecule has 0 spiro atoms. The molecule has 0 saturated carbocycles. The van der Waals surface area contributed by atoms with Crippen LogP contribution in [-0.4, -0.2) is 18.6 Å². The molecule has 1 aromatic carbocycles. The maximum atomic E-state index is 13.0. The molecule has 0 aliphatic heterocycles. The van der Waals surface area contributed by atoms with Crippen molar-refractivity contribution in [1.82, 2.24) is 5.32 Å². The van der Waals surface area contributed by atoms with E-state index in [2.05, 4.69) is 12.2 Å². The van der Waals surface area contributed by atoms with E-state index in [0.717, 1.165) is 17.1 Å². The Morgan fingerprint density at radius 3 is 2.87 bits per heavy atom. The molecule has 1 atom stereocenters. The normalized spacial score (nSPS) is 12.7. The maximum Gasteiger partial charge on any atom is 0.123 e. The van der Waals surface area contributed by atoms with Crippen LogP contribution in [-0.2, 0) is 0 Å². The van der Waals surface area contributed by atoms with Crippen LogP contribution in [0.5, 0.6) is 0 Å². The molecule has 1 unspecified atom stereocenters. The highest BCUT2D eigenvalue weighted by Gasteiger charge is 2.09. The van der Waals surface area contributed by atoms with Gasteiger partial charge in [-0.05, 0) is 36.9 Å². The molecule has 0 amide bonds. The first-order chi connectivity index (χ1) is 7.27. The summed E-state index contributed by atoms with van der Waals surface area (Å²) in [6.45, 7) is 2.17. The largest absolute Gasteiger partial charge is 0.312 e. The average Bonchev–Trinajstić information content (AvgIpc) is 2.24. The fourth-order valence-electron chi connectivity index (χ4n) is 1.42. The van der Waals surface area contributed by atoms with Crippen LogP contribution < -0.4 is 5.32 Å². The van der Waals surface area contributed by atoms with Crippen LogP contribution in [0.3, 0.4) is 0 Å². The van der Waals surface area contributed by atoms with E-state index >= 15 is 0 Å². The van der Waals surface area contributed by atoms with E-state index in [1.165, 1.54) is 12.5 Å². The van der Waals surface area contributed by atoms with Gasteiger partial charge in [-0.25, -0.2) is 4.39 Å². The Balaban J connectivity index is 2.57. The molecule has 3 heteroatoms. The van der Waals surface area contributed by atoms with Gasteiger partial charge in [0.15, 0.2) is 0 Å². The Labute approximate surface area is 95.5 Å². The van der Waals surface area contributed by atoms with E-state index in [-0.39, 0.29) is 11.9 Å². The van der Waals surface area contributed by atoms with Gasteiger partial charge >= 0.3 is 0 Å². The molecule has 0 radical (unpaired) electrons. The van der Waals surface area contributed by atoms with Gasteiger partial charge in [-0.2, -0.15) is 11.8 Å². The maximum absolute atomic E-state index is 13.0. The minimum atomic E-state index is -0.159. The molecule has 15 heavy (non-hydrogen) atoms. The van der Waals surface area contributed by atoms with Crippen molar-refractivity contribution in [3.05, 3.63) is 35.6 Å². The number of benzene rings is 1. The second-order valence-electron chi connectivity index (χ2n) is 3.47. The summed E-state index contributed by atoms with van der Waals surface area (Å²) in [5.41, 5.74) is 1.03. The zero-order valence-electron chi connectivity index (χ0n) is 9.29. The van der Waals surface area contributed by atoms with E-state index in [1.54, 1.807) is 12.1 Å². The molecule has 1 rings (SSSR count). The van der Waals surface area contributed by atoms with Crippen LogP contribution in [0.2, 0.25) is 0 Å². The van der Waals surface area contributed by atoms with E-state index in [9.17, 15) is 4.39 Å². The van der Waals surface area contributed by atoms with Crippen molar-refractivity contribution < 1.29 is 4.39 Å². The van der Waals surface area contributed by atoms with Gasteiger partial charge in [-0.3, -0.25) is 0 Å². The third-order valence-corrected chi connectivity index (χ3v) is 3.50. The third-order valence-electron chi connectivity index (χ3n) is 2.23. The molecular formula is C12H18FNS. The Kier molecular flexibility index (Phi) is 5.73. The van der Waals surface area contributed by atoms with E-state index in [4.69, 9.17) is 0 Å². The summed E-state index contributed by atoms with van der Waals surface area (Å²) < 4.78 is 13.0. The molecule has 0 aliphatic rings. The van der Waals surface area contributed by atoms with Crippen LogP contribution in [0, 0.1) is 5.82 Å². The van der Waals surface area contributed by atoms with Crippen LogP contribution in [0.15, 0.2) is 24.3 Å². The second-order valence-corrected chi connectivity index (χ2v) is 4.62. The lowest BCUT2D eigenvalue weighted by Gasteiger charge is -2.16. The average molecular weight is 227 g/mol. The summed E-state index contributed by atoms with van der Waals surface area (Å²) in [7, 11) is 1.92. The zero-order chi connectivity index (χ0) is 11.1. The highest BCUT2D eigenvalue weighted by atomic mass is 32.2. The Morgan fingerprint density at radius 2 is 2.27 bits per heavy atom. The van der Waals surface area contributed by atoms with Gasteiger partial charge in [0.25, 0.3) is 0 Å². The molecule has 1 nitrogen and oxygen atoms in total. The zero-order valence-corrected chi connectivity index (χ0v) is 10.1. The van der Waals surface area contributed by atoms with Gasteiger partial charge in [0.1, 0.15) is 5.82 Å². The molecule has 84 valence electrons. The summed E-state index contributed by atoms with van der Waals surface area (Å²) in [6.07, 6.45) is 1.18. The molecule has 0 heterocycles. The van der Waals surface area contributed by atoms with Crippen molar-refractivity contribution in [1.29, 1.82) is 0 Å². The standard InChI is InChI=1S/C12H18FNS/c1-3-7-15-9-12(14-2)10-5-4-6-11(13)8-10/h4-6,8,12,14H,3,7,9H2,1-2H3. The van der Waals surface area contributed by atoms with Crippen molar-refractivity contribution in [3.8, 4) is 0 Å². The fourth-order valence-corrected chi connectivity index (χ4v) is 2.47. The molecule has 0 bridgehead atoms. The van der Waals surface area contributed by atoms with Crippen molar-refractivity contribution in [2.45, 2.75) is 19.4 Å². The number of thioether (sulfide) groups is 1. The molecule has 0 fully saturated rings. The second kappa shape index (κ2) is 6.85. The topological polar surface area (TPSA) is 12.0 Å². The summed E-state index contributed by atoms with van der Waals surface area (Å²) >= 11 is 1.90. The van der Waals surface area contributed by atoms with Gasteiger partial charge in [0.2, 0.25) is 0 Å². The first kappa shape index (κ1) is 12.5. The van der Waals surface area contributed by atoms with Crippen LogP contribution in [0.25, 0.3) is 0 Å². The van der Waals surface area contributed by atoms with E-state index in [0.29, 0.717) is 0 Å². The molecule has 0 aliphatic carbocycles. The van der Waals surface area contributed by atoms with Gasteiger partial charge < -0.3 is 5.32 Å². The fraction of sp³-hybridized carbons (Fsp3) is 0.500. The van der Waals surface area contributed by atoms with Crippen molar-refractivity contribution >= 4 is 11.8 Å². The highest BCUT2D eigenvalue weighted by molar-refractivity contribution is 7.99. The summed E-state index contributed by atoms with van der Waals surface area (Å²) in [6, 6.07) is 7.07. The first-order valence-corrected chi connectivity index (χ1v) is 6.44. The highest BCUT2D eigenvalue weighted by Crippen LogP contribution is 2.19. The monoisotopic (exact) mass is 227 g/mol. The third kappa shape index (κ3) is 4.22. The SMILES string of the molecule is CCCSCC(NC)c1cccc(F)c1. The first-order valence-electron chi connectivity index (χ1n) is 5.28. The molecule has 0 aromatic heterocycles. The Hall–Kier alpha value is -0.540. The van der Waals surface area contributed by atoms with Gasteiger partial charge in [-0.15, -0.1) is 0 Å². The molecule has 1 aromatic rings. The van der Waals surface area contributed by atoms with Crippen molar-refractivity contribution in [2.75, 3.05) is 18.6 Å². The number of rotatable bonds is 6. The van der Waals surface area contributed by atoms with Gasteiger partial charge in [0, 0.05) is 11.8 Å². The van der Waals surface area contributed by atoms with Crippen LogP contribution in [0.4, 0.5) is 4.39 Å². The predicted molar refractivity (Wildman–Crippen MR) is 65.8 cm³/mol.